The highest BCUT2D eigenvalue weighted by Gasteiger charge is 2.02. The minimum atomic E-state index is 0.0408. The molecule has 2 N–H and O–H groups in total. The van der Waals surface area contributed by atoms with Gasteiger partial charge < -0.3 is 10.2 Å². The second-order valence-electron chi connectivity index (χ2n) is 3.02. The van der Waals surface area contributed by atoms with Crippen molar-refractivity contribution in [2.45, 2.75) is 27.1 Å². The fourth-order valence-electron chi connectivity index (χ4n) is 1.29. The quantitative estimate of drug-likeness (QED) is 0.695. The Morgan fingerprint density at radius 1 is 0.917 bits per heavy atom. The molecule has 0 aliphatic heterocycles. The topological polar surface area (TPSA) is 40.5 Å². The molecule has 2 heteroatoms. The van der Waals surface area contributed by atoms with E-state index in [9.17, 15) is 0 Å². The molecule has 1 aromatic rings. The Labute approximate surface area is 72.5 Å². The predicted octanol–water partition coefficient (Wildman–Crippen LogP) is 1.29. The Morgan fingerprint density at radius 3 is 1.67 bits per heavy atom. The summed E-state index contributed by atoms with van der Waals surface area (Å²) in [6, 6.07) is 3.84. The molecule has 0 saturated carbocycles. The number of aryl methyl sites for hydroxylation is 2. The molecule has 0 bridgehead atoms. The molecule has 0 heterocycles. The molecule has 0 amide bonds. The van der Waals surface area contributed by atoms with Gasteiger partial charge in [-0.2, -0.15) is 0 Å². The molecular weight excluding hydrogens is 152 g/mol. The molecule has 1 aromatic carbocycles. The molecule has 66 valence electrons. The number of benzene rings is 1. The van der Waals surface area contributed by atoms with Crippen LogP contribution in [0.3, 0.4) is 0 Å². The summed E-state index contributed by atoms with van der Waals surface area (Å²) in [5, 5.41) is 17.9. The first-order valence-corrected chi connectivity index (χ1v) is 3.99. The minimum Gasteiger partial charge on any atom is -0.392 e. The van der Waals surface area contributed by atoms with Gasteiger partial charge in [0.1, 0.15) is 0 Å². The van der Waals surface area contributed by atoms with Crippen LogP contribution in [0.15, 0.2) is 12.1 Å². The molecule has 0 fully saturated rings. The summed E-state index contributed by atoms with van der Waals surface area (Å²) in [5.74, 6) is 0. The Kier molecular flexibility index (Phi) is 2.84. The zero-order valence-electron chi connectivity index (χ0n) is 7.46. The molecule has 1 rings (SSSR count). The largest absolute Gasteiger partial charge is 0.392 e. The Balaban J connectivity index is 3.18. The Bertz CT molecular complexity index is 254. The smallest absolute Gasteiger partial charge is 0.0684 e. The van der Waals surface area contributed by atoms with Crippen molar-refractivity contribution in [2.24, 2.45) is 0 Å². The fraction of sp³-hybridized carbons (Fsp3) is 0.400. The van der Waals surface area contributed by atoms with Gasteiger partial charge >= 0.3 is 0 Å². The average Bonchev–Trinajstić information content (AvgIpc) is 2.05. The maximum Gasteiger partial charge on any atom is 0.0684 e. The van der Waals surface area contributed by atoms with Crippen molar-refractivity contribution in [1.82, 2.24) is 0 Å². The van der Waals surface area contributed by atoms with Gasteiger partial charge in [-0.05, 0) is 36.1 Å². The van der Waals surface area contributed by atoms with E-state index < -0.39 is 0 Å². The van der Waals surface area contributed by atoms with Crippen LogP contribution in [-0.2, 0) is 13.2 Å². The van der Waals surface area contributed by atoms with E-state index in [1.54, 1.807) is 0 Å². The van der Waals surface area contributed by atoms with Crippen LogP contribution in [0.25, 0.3) is 0 Å². The third-order valence-corrected chi connectivity index (χ3v) is 2.14. The highest BCUT2D eigenvalue weighted by molar-refractivity contribution is 5.36. The van der Waals surface area contributed by atoms with Gasteiger partial charge in [0.2, 0.25) is 0 Å². The molecule has 0 atom stereocenters. The maximum atomic E-state index is 8.95. The summed E-state index contributed by atoms with van der Waals surface area (Å²) in [5.41, 5.74) is 3.94. The van der Waals surface area contributed by atoms with Gasteiger partial charge in [0, 0.05) is 0 Å². The van der Waals surface area contributed by atoms with Gasteiger partial charge in [0.15, 0.2) is 0 Å². The van der Waals surface area contributed by atoms with Crippen LogP contribution in [0, 0.1) is 13.8 Å². The number of aliphatic hydroxyl groups is 2. The lowest BCUT2D eigenvalue weighted by Gasteiger charge is -2.08. The van der Waals surface area contributed by atoms with E-state index in [1.807, 2.05) is 26.0 Å². The molecule has 0 radical (unpaired) electrons. The SMILES string of the molecule is Cc1cc(C)c(CO)cc1CO. The summed E-state index contributed by atoms with van der Waals surface area (Å²) in [7, 11) is 0. The highest BCUT2D eigenvalue weighted by atomic mass is 16.3. The average molecular weight is 166 g/mol. The lowest BCUT2D eigenvalue weighted by atomic mass is 10.0. The van der Waals surface area contributed by atoms with Crippen LogP contribution >= 0.6 is 0 Å². The van der Waals surface area contributed by atoms with Crippen molar-refractivity contribution in [3.05, 3.63) is 34.4 Å². The van der Waals surface area contributed by atoms with Gasteiger partial charge in [0.25, 0.3) is 0 Å². The molecule has 0 aliphatic carbocycles. The second kappa shape index (κ2) is 3.70. The molecule has 0 saturated heterocycles. The lowest BCUT2D eigenvalue weighted by molar-refractivity contribution is 0.274. The van der Waals surface area contributed by atoms with Crippen molar-refractivity contribution in [3.8, 4) is 0 Å². The standard InChI is InChI=1S/C10H14O2/c1-7-3-8(2)10(6-12)4-9(7)5-11/h3-4,11-12H,5-6H2,1-2H3. The zero-order valence-corrected chi connectivity index (χ0v) is 7.46. The fourth-order valence-corrected chi connectivity index (χ4v) is 1.29. The maximum absolute atomic E-state index is 8.95. The third-order valence-electron chi connectivity index (χ3n) is 2.14. The highest BCUT2D eigenvalue weighted by Crippen LogP contribution is 2.15. The normalized spacial score (nSPS) is 10.3. The van der Waals surface area contributed by atoms with Crippen LogP contribution in [0.2, 0.25) is 0 Å². The van der Waals surface area contributed by atoms with E-state index in [0.717, 1.165) is 22.3 Å². The molecule has 2 nitrogen and oxygen atoms in total. The third kappa shape index (κ3) is 1.65. The minimum absolute atomic E-state index is 0.0408. The van der Waals surface area contributed by atoms with E-state index in [2.05, 4.69) is 0 Å². The molecular formula is C10H14O2. The van der Waals surface area contributed by atoms with Gasteiger partial charge in [-0.25, -0.2) is 0 Å². The van der Waals surface area contributed by atoms with Crippen LogP contribution in [0.4, 0.5) is 0 Å². The summed E-state index contributed by atoms with van der Waals surface area (Å²) in [6.45, 7) is 4.00. The van der Waals surface area contributed by atoms with E-state index >= 15 is 0 Å². The summed E-state index contributed by atoms with van der Waals surface area (Å²) in [4.78, 5) is 0. The van der Waals surface area contributed by atoms with Gasteiger partial charge in [-0.15, -0.1) is 0 Å². The lowest BCUT2D eigenvalue weighted by Crippen LogP contribution is -1.95. The number of hydrogen-bond acceptors (Lipinski definition) is 2. The van der Waals surface area contributed by atoms with Crippen LogP contribution < -0.4 is 0 Å². The Morgan fingerprint density at radius 2 is 1.33 bits per heavy atom. The second-order valence-corrected chi connectivity index (χ2v) is 3.02. The first-order chi connectivity index (χ1) is 5.69. The molecule has 0 unspecified atom stereocenters. The first-order valence-electron chi connectivity index (χ1n) is 3.99. The van der Waals surface area contributed by atoms with Crippen LogP contribution in [-0.4, -0.2) is 10.2 Å². The van der Waals surface area contributed by atoms with Crippen molar-refractivity contribution in [1.29, 1.82) is 0 Å². The molecule has 0 aliphatic rings. The summed E-state index contributed by atoms with van der Waals surface area (Å²) in [6.07, 6.45) is 0. The van der Waals surface area contributed by atoms with Crippen LogP contribution in [0.1, 0.15) is 22.3 Å². The zero-order chi connectivity index (χ0) is 9.14. The summed E-state index contributed by atoms with van der Waals surface area (Å²) >= 11 is 0. The first kappa shape index (κ1) is 9.23. The summed E-state index contributed by atoms with van der Waals surface area (Å²) < 4.78 is 0. The van der Waals surface area contributed by atoms with Crippen molar-refractivity contribution in [2.75, 3.05) is 0 Å². The number of aliphatic hydroxyl groups excluding tert-OH is 2. The predicted molar refractivity (Wildman–Crippen MR) is 47.8 cm³/mol. The Hall–Kier alpha value is -0.860. The van der Waals surface area contributed by atoms with E-state index in [-0.39, 0.29) is 13.2 Å². The number of rotatable bonds is 2. The van der Waals surface area contributed by atoms with Gasteiger partial charge in [-0.1, -0.05) is 12.1 Å². The van der Waals surface area contributed by atoms with Gasteiger partial charge in [0.05, 0.1) is 13.2 Å². The monoisotopic (exact) mass is 166 g/mol. The van der Waals surface area contributed by atoms with Crippen molar-refractivity contribution >= 4 is 0 Å². The van der Waals surface area contributed by atoms with Crippen molar-refractivity contribution in [3.63, 3.8) is 0 Å². The van der Waals surface area contributed by atoms with Crippen LogP contribution in [0.5, 0.6) is 0 Å². The van der Waals surface area contributed by atoms with E-state index in [1.165, 1.54) is 0 Å². The molecule has 0 spiro atoms. The van der Waals surface area contributed by atoms with Crippen molar-refractivity contribution < 1.29 is 10.2 Å². The van der Waals surface area contributed by atoms with E-state index in [0.29, 0.717) is 0 Å². The van der Waals surface area contributed by atoms with E-state index in [4.69, 9.17) is 10.2 Å². The number of hydrogen-bond donors (Lipinski definition) is 2. The molecule has 0 aromatic heterocycles. The van der Waals surface area contributed by atoms with Gasteiger partial charge in [-0.3, -0.25) is 0 Å². The molecule has 12 heavy (non-hydrogen) atoms.